The van der Waals surface area contributed by atoms with Crippen molar-refractivity contribution in [1.82, 2.24) is 0 Å². The van der Waals surface area contributed by atoms with Crippen molar-refractivity contribution in [3.05, 3.63) is 48.5 Å². The second-order valence-corrected chi connectivity index (χ2v) is 8.05. The van der Waals surface area contributed by atoms with Crippen LogP contribution in [0.5, 0.6) is 0 Å². The second-order valence-electron chi connectivity index (χ2n) is 6.19. The fraction of sp³-hybridized carbons (Fsp3) is 0.278. The van der Waals surface area contributed by atoms with E-state index in [9.17, 15) is 8.42 Å². The van der Waals surface area contributed by atoms with Crippen LogP contribution in [-0.4, -0.2) is 41.3 Å². The summed E-state index contributed by atoms with van der Waals surface area (Å²) in [6.45, 7) is 1.93. The van der Waals surface area contributed by atoms with Crippen molar-refractivity contribution in [2.24, 2.45) is 5.10 Å². The maximum absolute atomic E-state index is 13.2. The molecule has 0 fully saturated rings. The molecule has 0 spiro atoms. The van der Waals surface area contributed by atoms with E-state index in [0.717, 1.165) is 30.0 Å². The molecule has 0 amide bonds. The Balaban J connectivity index is 1.68. The standard InChI is InChI=1S/C18H20N4O2S/c1-20-13-14-22(18-6-3-2-5-17(18)20)25(23,24)16-9-7-15(8-10-16)21-12-4-11-19-21/h2-3,5-11H,4,12-14H2,1H3. The molecule has 0 N–H and O–H groups in total. The number of anilines is 3. The van der Waals surface area contributed by atoms with Gasteiger partial charge in [-0.15, -0.1) is 0 Å². The Labute approximate surface area is 148 Å². The van der Waals surface area contributed by atoms with Gasteiger partial charge in [0.15, 0.2) is 0 Å². The minimum atomic E-state index is -3.59. The minimum absolute atomic E-state index is 0.304. The number of sulfonamides is 1. The Morgan fingerprint density at radius 3 is 2.32 bits per heavy atom. The topological polar surface area (TPSA) is 56.2 Å². The number of rotatable bonds is 3. The lowest BCUT2D eigenvalue weighted by Crippen LogP contribution is -2.42. The fourth-order valence-electron chi connectivity index (χ4n) is 3.24. The number of hydrogen-bond donors (Lipinski definition) is 0. The quantitative estimate of drug-likeness (QED) is 0.848. The summed E-state index contributed by atoms with van der Waals surface area (Å²) in [6.07, 6.45) is 2.78. The van der Waals surface area contributed by atoms with E-state index in [1.165, 1.54) is 4.31 Å². The molecular weight excluding hydrogens is 336 g/mol. The number of hydrazone groups is 1. The summed E-state index contributed by atoms with van der Waals surface area (Å²) in [4.78, 5) is 2.38. The predicted molar refractivity (Wildman–Crippen MR) is 101 cm³/mol. The first-order valence-corrected chi connectivity index (χ1v) is 9.74. The molecule has 4 rings (SSSR count). The van der Waals surface area contributed by atoms with E-state index in [4.69, 9.17) is 0 Å². The Kier molecular flexibility index (Phi) is 3.88. The number of benzene rings is 2. The summed E-state index contributed by atoms with van der Waals surface area (Å²) in [5.74, 6) is 0. The van der Waals surface area contributed by atoms with Gasteiger partial charge in [-0.1, -0.05) is 12.1 Å². The van der Waals surface area contributed by atoms with Crippen molar-refractivity contribution in [3.63, 3.8) is 0 Å². The van der Waals surface area contributed by atoms with Gasteiger partial charge in [-0.05, 0) is 36.4 Å². The fourth-order valence-corrected chi connectivity index (χ4v) is 4.71. The molecule has 2 aromatic rings. The minimum Gasteiger partial charge on any atom is -0.371 e. The van der Waals surface area contributed by atoms with Crippen molar-refractivity contribution < 1.29 is 8.42 Å². The van der Waals surface area contributed by atoms with Crippen LogP contribution in [0.15, 0.2) is 58.5 Å². The highest BCUT2D eigenvalue weighted by molar-refractivity contribution is 7.92. The molecule has 0 aromatic heterocycles. The molecule has 0 saturated heterocycles. The van der Waals surface area contributed by atoms with Gasteiger partial charge in [0.05, 0.1) is 28.5 Å². The average Bonchev–Trinajstić information content (AvgIpc) is 3.17. The van der Waals surface area contributed by atoms with Crippen LogP contribution >= 0.6 is 0 Å². The van der Waals surface area contributed by atoms with Gasteiger partial charge in [-0.3, -0.25) is 9.31 Å². The van der Waals surface area contributed by atoms with Crippen LogP contribution in [0.1, 0.15) is 6.42 Å². The largest absolute Gasteiger partial charge is 0.371 e. The number of likely N-dealkylation sites (N-methyl/N-ethyl adjacent to an activating group) is 1. The van der Waals surface area contributed by atoms with Crippen molar-refractivity contribution in [2.75, 3.05) is 40.9 Å². The monoisotopic (exact) mass is 356 g/mol. The van der Waals surface area contributed by atoms with Crippen LogP contribution < -0.4 is 14.2 Å². The third-order valence-corrected chi connectivity index (χ3v) is 6.44. The van der Waals surface area contributed by atoms with Gasteiger partial charge in [0, 0.05) is 32.8 Å². The number of hydrogen-bond acceptors (Lipinski definition) is 5. The lowest BCUT2D eigenvalue weighted by atomic mass is 10.2. The molecule has 7 heteroatoms. The molecule has 2 aromatic carbocycles. The summed E-state index contributed by atoms with van der Waals surface area (Å²) < 4.78 is 27.8. The summed E-state index contributed by atoms with van der Waals surface area (Å²) in [6, 6.07) is 14.6. The normalized spacial score (nSPS) is 17.1. The number of fused-ring (bicyclic) bond motifs is 1. The second kappa shape index (κ2) is 6.07. The zero-order valence-corrected chi connectivity index (χ0v) is 14.9. The molecule has 2 aliphatic rings. The zero-order chi connectivity index (χ0) is 17.4. The van der Waals surface area contributed by atoms with Crippen LogP contribution in [0.25, 0.3) is 0 Å². The SMILES string of the molecule is CN1CCN(S(=O)(=O)c2ccc(N3CCC=N3)cc2)c2ccccc21. The molecule has 25 heavy (non-hydrogen) atoms. The lowest BCUT2D eigenvalue weighted by Gasteiger charge is -2.36. The van der Waals surface area contributed by atoms with E-state index < -0.39 is 10.0 Å². The van der Waals surface area contributed by atoms with Crippen molar-refractivity contribution in [2.45, 2.75) is 11.3 Å². The highest BCUT2D eigenvalue weighted by atomic mass is 32.2. The smallest absolute Gasteiger partial charge is 0.264 e. The number of para-hydroxylation sites is 2. The summed E-state index contributed by atoms with van der Waals surface area (Å²) >= 11 is 0. The molecule has 2 aliphatic heterocycles. The first kappa shape index (κ1) is 16.0. The molecule has 0 radical (unpaired) electrons. The molecule has 6 nitrogen and oxygen atoms in total. The first-order valence-electron chi connectivity index (χ1n) is 8.30. The Bertz CT molecular complexity index is 909. The van der Waals surface area contributed by atoms with E-state index in [2.05, 4.69) is 10.0 Å². The molecule has 130 valence electrons. The Morgan fingerprint density at radius 2 is 1.64 bits per heavy atom. The van der Waals surface area contributed by atoms with Crippen molar-refractivity contribution >= 4 is 33.3 Å². The van der Waals surface area contributed by atoms with Crippen LogP contribution in [0.2, 0.25) is 0 Å². The van der Waals surface area contributed by atoms with Gasteiger partial charge >= 0.3 is 0 Å². The molecule has 0 bridgehead atoms. The third kappa shape index (κ3) is 2.74. The van der Waals surface area contributed by atoms with Crippen molar-refractivity contribution in [3.8, 4) is 0 Å². The Hall–Kier alpha value is -2.54. The van der Waals surface area contributed by atoms with Gasteiger partial charge in [0.2, 0.25) is 0 Å². The van der Waals surface area contributed by atoms with Gasteiger partial charge in [-0.2, -0.15) is 5.10 Å². The molecule has 0 atom stereocenters. The van der Waals surface area contributed by atoms with E-state index >= 15 is 0 Å². The van der Waals surface area contributed by atoms with E-state index in [-0.39, 0.29) is 0 Å². The summed E-state index contributed by atoms with van der Waals surface area (Å²) in [5.41, 5.74) is 2.57. The lowest BCUT2D eigenvalue weighted by molar-refractivity contribution is 0.589. The molecule has 2 heterocycles. The summed E-state index contributed by atoms with van der Waals surface area (Å²) in [5, 5.41) is 6.15. The van der Waals surface area contributed by atoms with Crippen molar-refractivity contribution in [1.29, 1.82) is 0 Å². The highest BCUT2D eigenvalue weighted by Gasteiger charge is 2.30. The highest BCUT2D eigenvalue weighted by Crippen LogP contribution is 2.35. The third-order valence-electron chi connectivity index (χ3n) is 4.61. The van der Waals surface area contributed by atoms with E-state index in [1.807, 2.05) is 54.7 Å². The first-order chi connectivity index (χ1) is 12.1. The Morgan fingerprint density at radius 1 is 0.920 bits per heavy atom. The molecule has 0 saturated carbocycles. The number of nitrogens with zero attached hydrogens (tertiary/aromatic N) is 4. The average molecular weight is 356 g/mol. The molecular formula is C18H20N4O2S. The maximum Gasteiger partial charge on any atom is 0.264 e. The van der Waals surface area contributed by atoms with E-state index in [1.54, 1.807) is 12.1 Å². The van der Waals surface area contributed by atoms with Gasteiger partial charge in [0.25, 0.3) is 10.0 Å². The van der Waals surface area contributed by atoms with Crippen LogP contribution in [0.3, 0.4) is 0 Å². The molecule has 0 unspecified atom stereocenters. The predicted octanol–water partition coefficient (Wildman–Crippen LogP) is 2.53. The van der Waals surface area contributed by atoms with Crippen LogP contribution in [-0.2, 0) is 10.0 Å². The van der Waals surface area contributed by atoms with Crippen LogP contribution in [0, 0.1) is 0 Å². The maximum atomic E-state index is 13.2. The van der Waals surface area contributed by atoms with Gasteiger partial charge < -0.3 is 4.90 Å². The molecule has 0 aliphatic carbocycles. The van der Waals surface area contributed by atoms with E-state index in [0.29, 0.717) is 18.0 Å². The van der Waals surface area contributed by atoms with Gasteiger partial charge in [0.1, 0.15) is 0 Å². The van der Waals surface area contributed by atoms with Gasteiger partial charge in [-0.25, -0.2) is 8.42 Å². The zero-order valence-electron chi connectivity index (χ0n) is 14.0. The summed E-state index contributed by atoms with van der Waals surface area (Å²) in [7, 11) is -1.61. The van der Waals surface area contributed by atoms with Crippen LogP contribution in [0.4, 0.5) is 17.1 Å².